The van der Waals surface area contributed by atoms with Crippen LogP contribution in [0.2, 0.25) is 5.02 Å². The Morgan fingerprint density at radius 3 is 2.72 bits per heavy atom. The van der Waals surface area contributed by atoms with Crippen molar-refractivity contribution in [2.75, 3.05) is 5.32 Å². The average Bonchev–Trinajstić information content (AvgIpc) is 3.42. The minimum atomic E-state index is -0.379. The molecule has 3 N–H and O–H groups in total. The van der Waals surface area contributed by atoms with Crippen LogP contribution in [0.4, 0.5) is 5.82 Å². The van der Waals surface area contributed by atoms with Gasteiger partial charge < -0.3 is 20.3 Å². The van der Waals surface area contributed by atoms with Gasteiger partial charge in [0.05, 0.1) is 23.9 Å². The number of rotatable bonds is 3. The van der Waals surface area contributed by atoms with E-state index in [2.05, 4.69) is 15.5 Å². The van der Waals surface area contributed by atoms with E-state index in [0.29, 0.717) is 22.1 Å². The maximum Gasteiger partial charge on any atom is 0.155 e. The van der Waals surface area contributed by atoms with Crippen LogP contribution >= 0.6 is 11.6 Å². The van der Waals surface area contributed by atoms with Gasteiger partial charge in [-0.25, -0.2) is 0 Å². The van der Waals surface area contributed by atoms with Crippen molar-refractivity contribution in [3.05, 3.63) is 34.3 Å². The number of phenolic OH excluding ortho intramolecular Hbond substituents is 1. The molecule has 2 aliphatic carbocycles. The topological polar surface area (TPSA) is 87.5 Å². The van der Waals surface area contributed by atoms with Crippen molar-refractivity contribution in [3.63, 3.8) is 0 Å². The molecule has 29 heavy (non-hydrogen) atoms. The number of nitrogens with one attached hydrogen (secondary N) is 1. The van der Waals surface area contributed by atoms with E-state index < -0.39 is 0 Å². The summed E-state index contributed by atoms with van der Waals surface area (Å²) in [5.41, 5.74) is 3.26. The minimum absolute atomic E-state index is 0.0269. The minimum Gasteiger partial charge on any atom is -0.507 e. The van der Waals surface area contributed by atoms with Gasteiger partial charge in [0.1, 0.15) is 11.4 Å². The van der Waals surface area contributed by atoms with Crippen LogP contribution in [0.5, 0.6) is 5.75 Å². The van der Waals surface area contributed by atoms with Crippen molar-refractivity contribution in [1.82, 2.24) is 10.2 Å². The Morgan fingerprint density at radius 1 is 1.21 bits per heavy atom. The van der Waals surface area contributed by atoms with Gasteiger partial charge in [0.15, 0.2) is 5.82 Å². The zero-order valence-electron chi connectivity index (χ0n) is 16.5. The monoisotopic (exact) mass is 415 g/mol. The van der Waals surface area contributed by atoms with Crippen molar-refractivity contribution in [3.8, 4) is 17.0 Å². The predicted octanol–water partition coefficient (Wildman–Crippen LogP) is 4.38. The molecule has 1 aromatic carbocycles. The highest BCUT2D eigenvalue weighted by atomic mass is 35.5. The van der Waals surface area contributed by atoms with Crippen molar-refractivity contribution in [1.29, 1.82) is 0 Å². The fourth-order valence-corrected chi connectivity index (χ4v) is 4.98. The largest absolute Gasteiger partial charge is 0.507 e. The lowest BCUT2D eigenvalue weighted by atomic mass is 9.89. The first-order chi connectivity index (χ1) is 14.0. The second-order valence-electron chi connectivity index (χ2n) is 8.67. The maximum atomic E-state index is 10.5. The van der Waals surface area contributed by atoms with E-state index in [-0.39, 0.29) is 29.6 Å². The van der Waals surface area contributed by atoms with E-state index in [9.17, 15) is 10.2 Å². The zero-order valence-corrected chi connectivity index (χ0v) is 17.2. The highest BCUT2D eigenvalue weighted by molar-refractivity contribution is 6.30. The summed E-state index contributed by atoms with van der Waals surface area (Å²) in [5, 5.41) is 33.8. The number of aromatic nitrogens is 2. The average molecular weight is 416 g/mol. The molecule has 0 saturated heterocycles. The molecule has 2 heterocycles. The van der Waals surface area contributed by atoms with Gasteiger partial charge in [-0.3, -0.25) is 0 Å². The van der Waals surface area contributed by atoms with Gasteiger partial charge in [-0.1, -0.05) is 24.4 Å². The molecule has 2 aromatic rings. The molecule has 3 atom stereocenters. The Bertz CT molecular complexity index is 947. The number of hydrogen-bond acceptors (Lipinski definition) is 6. The number of phenols is 1. The predicted molar refractivity (Wildman–Crippen MR) is 111 cm³/mol. The molecular formula is C22H26ClN3O3. The number of benzene rings is 1. The van der Waals surface area contributed by atoms with Gasteiger partial charge in [-0.15, -0.1) is 10.2 Å². The SMILES string of the molecule is CC1OC2(CC2)Cc2c(-c3ccc(Cl)cc3O)nnc(N[C@@H]3CCCC[C@H]3O)c21. The molecule has 0 bridgehead atoms. The lowest BCUT2D eigenvalue weighted by Gasteiger charge is -2.35. The standard InChI is InChI=1S/C22H26ClN3O3/c1-12-19-15(11-22(29-12)8-9-22)20(14-7-6-13(23)10-18(14)28)25-26-21(19)24-16-4-2-3-5-17(16)27/h6-7,10,12,16-17,27-28H,2-5,8-9,11H2,1H3,(H,24,26)/t12?,16-,17-/m1/s1. The number of fused-ring (bicyclic) bond motifs is 1. The summed E-state index contributed by atoms with van der Waals surface area (Å²) in [5.74, 6) is 0.785. The van der Waals surface area contributed by atoms with Crippen LogP contribution in [0.1, 0.15) is 62.7 Å². The van der Waals surface area contributed by atoms with E-state index in [0.717, 1.165) is 56.1 Å². The van der Waals surface area contributed by atoms with E-state index in [1.165, 1.54) is 6.07 Å². The first-order valence-electron chi connectivity index (χ1n) is 10.5. The summed E-state index contributed by atoms with van der Waals surface area (Å²) < 4.78 is 6.35. The fourth-order valence-electron chi connectivity index (χ4n) is 4.82. The molecule has 1 aliphatic heterocycles. The van der Waals surface area contributed by atoms with Gasteiger partial charge >= 0.3 is 0 Å². The van der Waals surface area contributed by atoms with Gasteiger partial charge in [0, 0.05) is 22.6 Å². The summed E-state index contributed by atoms with van der Waals surface area (Å²) in [7, 11) is 0. The molecule has 0 amide bonds. The van der Waals surface area contributed by atoms with E-state index in [1.54, 1.807) is 12.1 Å². The van der Waals surface area contributed by atoms with Crippen LogP contribution in [0.3, 0.4) is 0 Å². The number of aliphatic hydroxyl groups excluding tert-OH is 1. The molecule has 1 unspecified atom stereocenters. The van der Waals surface area contributed by atoms with Crippen molar-refractivity contribution in [2.24, 2.45) is 0 Å². The Kier molecular flexibility index (Phi) is 4.68. The van der Waals surface area contributed by atoms with Crippen LogP contribution in [-0.2, 0) is 11.2 Å². The van der Waals surface area contributed by atoms with Gasteiger partial charge in [-0.05, 0) is 56.4 Å². The first kappa shape index (κ1) is 19.1. The number of aromatic hydroxyl groups is 1. The Hall–Kier alpha value is -1.89. The zero-order chi connectivity index (χ0) is 20.2. The molecule has 3 aliphatic rings. The number of aliphatic hydroxyl groups is 1. The third-order valence-electron chi connectivity index (χ3n) is 6.52. The molecule has 6 nitrogen and oxygen atoms in total. The quantitative estimate of drug-likeness (QED) is 0.689. The van der Waals surface area contributed by atoms with Gasteiger partial charge in [-0.2, -0.15) is 0 Å². The molecule has 1 spiro atoms. The highest BCUT2D eigenvalue weighted by Gasteiger charge is 2.50. The lowest BCUT2D eigenvalue weighted by Crippen LogP contribution is -2.38. The second-order valence-corrected chi connectivity index (χ2v) is 9.11. The molecular weight excluding hydrogens is 390 g/mol. The Morgan fingerprint density at radius 2 is 2.00 bits per heavy atom. The van der Waals surface area contributed by atoms with Crippen molar-refractivity contribution >= 4 is 17.4 Å². The smallest absolute Gasteiger partial charge is 0.155 e. The molecule has 5 rings (SSSR count). The molecule has 1 aromatic heterocycles. The fraction of sp³-hybridized carbons (Fsp3) is 0.545. The van der Waals surface area contributed by atoms with E-state index in [4.69, 9.17) is 16.3 Å². The van der Waals surface area contributed by atoms with Crippen LogP contribution < -0.4 is 5.32 Å². The molecule has 2 saturated carbocycles. The maximum absolute atomic E-state index is 10.5. The molecule has 7 heteroatoms. The number of anilines is 1. The number of ether oxygens (including phenoxy) is 1. The van der Waals surface area contributed by atoms with Crippen LogP contribution in [0.25, 0.3) is 11.3 Å². The Labute approximate surface area is 175 Å². The van der Waals surface area contributed by atoms with Crippen molar-refractivity contribution in [2.45, 2.75) is 75.7 Å². The third kappa shape index (κ3) is 3.47. The molecule has 154 valence electrons. The third-order valence-corrected chi connectivity index (χ3v) is 6.76. The molecule has 2 fully saturated rings. The highest BCUT2D eigenvalue weighted by Crippen LogP contribution is 2.53. The summed E-state index contributed by atoms with van der Waals surface area (Å²) in [6.45, 7) is 2.05. The second kappa shape index (κ2) is 7.11. The Balaban J connectivity index is 1.60. The van der Waals surface area contributed by atoms with Crippen LogP contribution in [0.15, 0.2) is 18.2 Å². The van der Waals surface area contributed by atoms with Gasteiger partial charge in [0.25, 0.3) is 0 Å². The number of hydrogen-bond donors (Lipinski definition) is 3. The van der Waals surface area contributed by atoms with E-state index in [1.807, 2.05) is 6.92 Å². The summed E-state index contributed by atoms with van der Waals surface area (Å²) >= 11 is 6.02. The van der Waals surface area contributed by atoms with Crippen LogP contribution in [-0.4, -0.2) is 38.2 Å². The summed E-state index contributed by atoms with van der Waals surface area (Å²) in [6, 6.07) is 5.05. The number of halogens is 1. The van der Waals surface area contributed by atoms with Crippen molar-refractivity contribution < 1.29 is 14.9 Å². The molecule has 0 radical (unpaired) electrons. The number of nitrogens with zero attached hydrogens (tertiary/aromatic N) is 2. The lowest BCUT2D eigenvalue weighted by molar-refractivity contribution is -0.0339. The van der Waals surface area contributed by atoms with Gasteiger partial charge in [0.2, 0.25) is 0 Å². The van der Waals surface area contributed by atoms with E-state index >= 15 is 0 Å². The first-order valence-corrected chi connectivity index (χ1v) is 10.8. The van der Waals surface area contributed by atoms with Crippen LogP contribution in [0, 0.1) is 0 Å². The summed E-state index contributed by atoms with van der Waals surface area (Å²) in [4.78, 5) is 0. The normalized spacial score (nSPS) is 27.5. The summed E-state index contributed by atoms with van der Waals surface area (Å²) in [6.07, 6.45) is 6.18.